The van der Waals surface area contributed by atoms with Crippen LogP contribution in [0.15, 0.2) is 83.8 Å². The Kier molecular flexibility index (Phi) is 10.2. The maximum absolute atomic E-state index is 13.8. The molecule has 10 heteroatoms. The summed E-state index contributed by atoms with van der Waals surface area (Å²) in [5, 5.41) is 3.25. The number of hydrogen-bond acceptors (Lipinski definition) is 5. The van der Waals surface area contributed by atoms with Gasteiger partial charge in [0.1, 0.15) is 18.3 Å². The topological polar surface area (TPSA) is 96.0 Å². The summed E-state index contributed by atoms with van der Waals surface area (Å²) in [6.07, 6.45) is 0.738. The molecule has 0 saturated heterocycles. The van der Waals surface area contributed by atoms with E-state index in [0.29, 0.717) is 17.3 Å². The molecule has 2 amide bonds. The first-order chi connectivity index (χ1) is 18.2. The zero-order chi connectivity index (χ0) is 27.7. The minimum absolute atomic E-state index is 0.0378. The molecule has 0 spiro atoms. The van der Waals surface area contributed by atoms with E-state index in [-0.39, 0.29) is 23.0 Å². The summed E-state index contributed by atoms with van der Waals surface area (Å²) < 4.78 is 33.7. The van der Waals surface area contributed by atoms with Crippen molar-refractivity contribution in [2.75, 3.05) is 24.5 Å². The van der Waals surface area contributed by atoms with E-state index in [0.717, 1.165) is 16.3 Å². The van der Waals surface area contributed by atoms with Crippen LogP contribution in [-0.4, -0.2) is 51.4 Å². The molecule has 0 radical (unpaired) electrons. The van der Waals surface area contributed by atoms with Crippen molar-refractivity contribution in [1.82, 2.24) is 10.2 Å². The summed E-state index contributed by atoms with van der Waals surface area (Å²) in [6.45, 7) is 3.58. The van der Waals surface area contributed by atoms with E-state index in [9.17, 15) is 18.0 Å². The van der Waals surface area contributed by atoms with Gasteiger partial charge in [0, 0.05) is 18.1 Å². The van der Waals surface area contributed by atoms with Gasteiger partial charge in [-0.1, -0.05) is 48.9 Å². The Morgan fingerprint density at radius 2 is 1.68 bits per heavy atom. The highest BCUT2D eigenvalue weighted by Gasteiger charge is 2.32. The van der Waals surface area contributed by atoms with Crippen LogP contribution in [0.3, 0.4) is 0 Å². The van der Waals surface area contributed by atoms with E-state index in [1.165, 1.54) is 17.0 Å². The normalized spacial score (nSPS) is 11.9. The number of nitrogens with zero attached hydrogens (tertiary/aromatic N) is 2. The summed E-state index contributed by atoms with van der Waals surface area (Å²) in [6, 6.07) is 20.4. The number of halogens is 1. The fourth-order valence-corrected chi connectivity index (χ4v) is 5.36. The van der Waals surface area contributed by atoms with Gasteiger partial charge >= 0.3 is 0 Å². The number of hydrogen-bond donors (Lipinski definition) is 1. The van der Waals surface area contributed by atoms with Crippen molar-refractivity contribution in [3.63, 3.8) is 0 Å². The van der Waals surface area contributed by atoms with E-state index in [4.69, 9.17) is 16.3 Å². The molecule has 0 aliphatic heterocycles. The molecule has 0 saturated carbocycles. The van der Waals surface area contributed by atoms with Crippen LogP contribution in [0, 0.1) is 0 Å². The quantitative estimate of drug-likeness (QED) is 0.354. The predicted octanol–water partition coefficient (Wildman–Crippen LogP) is 4.49. The second-order valence-electron chi connectivity index (χ2n) is 8.64. The Morgan fingerprint density at radius 1 is 1.00 bits per heavy atom. The van der Waals surface area contributed by atoms with Gasteiger partial charge in [-0.2, -0.15) is 0 Å². The Balaban J connectivity index is 2.00. The van der Waals surface area contributed by atoms with Gasteiger partial charge in [-0.15, -0.1) is 0 Å². The van der Waals surface area contributed by atoms with Crippen LogP contribution in [-0.2, 0) is 26.2 Å². The molecule has 38 heavy (non-hydrogen) atoms. The lowest BCUT2D eigenvalue weighted by molar-refractivity contribution is -0.139. The van der Waals surface area contributed by atoms with Crippen LogP contribution in [0.25, 0.3) is 0 Å². The van der Waals surface area contributed by atoms with Crippen LogP contribution >= 0.6 is 11.6 Å². The molecule has 1 atom stereocenters. The smallest absolute Gasteiger partial charge is 0.264 e. The number of methoxy groups -OCH3 is 1. The SMILES string of the molecule is CCCNC(=O)[C@@H](C)N(Cc1cccc(OC)c1)C(=O)CN(c1ccc(Cl)cc1)S(=O)(=O)c1ccccc1. The molecule has 0 heterocycles. The van der Waals surface area contributed by atoms with E-state index >= 15 is 0 Å². The lowest BCUT2D eigenvalue weighted by atomic mass is 10.1. The van der Waals surface area contributed by atoms with Crippen molar-refractivity contribution in [2.45, 2.75) is 37.8 Å². The van der Waals surface area contributed by atoms with Gasteiger partial charge in [-0.05, 0) is 67.4 Å². The fourth-order valence-electron chi connectivity index (χ4n) is 3.80. The third kappa shape index (κ3) is 7.26. The van der Waals surface area contributed by atoms with Crippen LogP contribution in [0.1, 0.15) is 25.8 Å². The highest BCUT2D eigenvalue weighted by Crippen LogP contribution is 2.26. The number of anilines is 1. The minimum atomic E-state index is -4.12. The molecule has 3 rings (SSSR count). The third-order valence-electron chi connectivity index (χ3n) is 5.93. The average molecular weight is 558 g/mol. The molecule has 0 aromatic heterocycles. The Labute approximate surface area is 229 Å². The molecule has 0 unspecified atom stereocenters. The zero-order valence-electron chi connectivity index (χ0n) is 21.6. The van der Waals surface area contributed by atoms with Gasteiger partial charge < -0.3 is 15.0 Å². The van der Waals surface area contributed by atoms with Crippen molar-refractivity contribution in [3.05, 3.63) is 89.4 Å². The number of carbonyl (C=O) groups is 2. The molecule has 0 bridgehead atoms. The molecule has 0 fully saturated rings. The van der Waals surface area contributed by atoms with E-state index in [1.807, 2.05) is 13.0 Å². The highest BCUT2D eigenvalue weighted by atomic mass is 35.5. The molecule has 8 nitrogen and oxygen atoms in total. The molecular weight excluding hydrogens is 526 g/mol. The van der Waals surface area contributed by atoms with Gasteiger partial charge in [0.2, 0.25) is 11.8 Å². The minimum Gasteiger partial charge on any atom is -0.497 e. The number of amides is 2. The molecule has 1 N–H and O–H groups in total. The predicted molar refractivity (Wildman–Crippen MR) is 149 cm³/mol. The molecule has 0 aliphatic rings. The molecular formula is C28H32ClN3O5S. The maximum atomic E-state index is 13.8. The highest BCUT2D eigenvalue weighted by molar-refractivity contribution is 7.92. The number of rotatable bonds is 12. The van der Waals surface area contributed by atoms with Crippen molar-refractivity contribution in [1.29, 1.82) is 0 Å². The van der Waals surface area contributed by atoms with E-state index in [2.05, 4.69) is 5.32 Å². The third-order valence-corrected chi connectivity index (χ3v) is 7.97. The standard InChI is InChI=1S/C28H32ClN3O5S/c1-4-17-30-28(34)21(2)31(19-22-9-8-10-25(18-22)37-3)27(33)20-32(24-15-13-23(29)14-16-24)38(35,36)26-11-6-5-7-12-26/h5-16,18,21H,4,17,19-20H2,1-3H3,(H,30,34)/t21-/m1/s1. The molecule has 3 aromatic rings. The van der Waals surface area contributed by atoms with Crippen molar-refractivity contribution in [3.8, 4) is 5.75 Å². The van der Waals surface area contributed by atoms with Crippen molar-refractivity contribution >= 4 is 39.1 Å². The van der Waals surface area contributed by atoms with Gasteiger partial charge in [-0.3, -0.25) is 13.9 Å². The zero-order valence-corrected chi connectivity index (χ0v) is 23.2. The number of ether oxygens (including phenoxy) is 1. The van der Waals surface area contributed by atoms with Gasteiger partial charge in [0.05, 0.1) is 17.7 Å². The fraction of sp³-hybridized carbons (Fsp3) is 0.286. The van der Waals surface area contributed by atoms with Crippen molar-refractivity contribution < 1.29 is 22.7 Å². The van der Waals surface area contributed by atoms with Crippen LogP contribution in [0.2, 0.25) is 5.02 Å². The summed E-state index contributed by atoms with van der Waals surface area (Å²) in [4.78, 5) is 28.1. The molecule has 0 aliphatic carbocycles. The second kappa shape index (κ2) is 13.3. The summed E-state index contributed by atoms with van der Waals surface area (Å²) in [5.41, 5.74) is 1.01. The average Bonchev–Trinajstić information content (AvgIpc) is 2.93. The Morgan fingerprint density at radius 3 is 2.32 bits per heavy atom. The first-order valence-electron chi connectivity index (χ1n) is 12.2. The number of sulfonamides is 1. The van der Waals surface area contributed by atoms with Crippen molar-refractivity contribution in [2.24, 2.45) is 0 Å². The van der Waals surface area contributed by atoms with Crippen LogP contribution in [0.5, 0.6) is 5.75 Å². The summed E-state index contributed by atoms with van der Waals surface area (Å²) in [5.74, 6) is -0.263. The second-order valence-corrected chi connectivity index (χ2v) is 10.9. The van der Waals surface area contributed by atoms with E-state index in [1.54, 1.807) is 74.7 Å². The first kappa shape index (κ1) is 29.0. The lowest BCUT2D eigenvalue weighted by Crippen LogP contribution is -2.51. The number of benzene rings is 3. The summed E-state index contributed by atoms with van der Waals surface area (Å²) in [7, 11) is -2.57. The largest absolute Gasteiger partial charge is 0.497 e. The number of nitrogens with one attached hydrogen (secondary N) is 1. The van der Waals surface area contributed by atoms with Gasteiger partial charge in [0.15, 0.2) is 0 Å². The summed E-state index contributed by atoms with van der Waals surface area (Å²) >= 11 is 6.04. The number of carbonyl (C=O) groups excluding carboxylic acids is 2. The first-order valence-corrected chi connectivity index (χ1v) is 14.0. The molecule has 3 aromatic carbocycles. The van der Waals surface area contributed by atoms with Crippen LogP contribution < -0.4 is 14.4 Å². The van der Waals surface area contributed by atoms with E-state index < -0.39 is 28.5 Å². The molecule has 202 valence electrons. The Bertz CT molecular complexity index is 1330. The Hall–Kier alpha value is -3.56. The lowest BCUT2D eigenvalue weighted by Gasteiger charge is -2.32. The van der Waals surface area contributed by atoms with Gasteiger partial charge in [-0.25, -0.2) is 8.42 Å². The monoisotopic (exact) mass is 557 g/mol. The van der Waals surface area contributed by atoms with Gasteiger partial charge in [0.25, 0.3) is 10.0 Å². The maximum Gasteiger partial charge on any atom is 0.264 e. The van der Waals surface area contributed by atoms with Crippen LogP contribution in [0.4, 0.5) is 5.69 Å².